The lowest BCUT2D eigenvalue weighted by molar-refractivity contribution is 0.776. The fourth-order valence-corrected chi connectivity index (χ4v) is 6.30. The van der Waals surface area contributed by atoms with Gasteiger partial charge in [-0.25, -0.2) is 0 Å². The van der Waals surface area contributed by atoms with Crippen molar-refractivity contribution < 1.29 is 0 Å². The summed E-state index contributed by atoms with van der Waals surface area (Å²) in [6, 6.07) is 12.4. The molecular weight excluding hydrogens is 232 g/mol. The quantitative estimate of drug-likeness (QED) is 0.705. The summed E-state index contributed by atoms with van der Waals surface area (Å²) in [6.45, 7) is 9.45. The standard InChI is InChI=1S/C17H23Si/c1-5-18(4,15-10-7-6-8-11-15)17-13-9-12-16(17)14(2)3/h6-14H,5H2,1-4H3. The van der Waals surface area contributed by atoms with Crippen LogP contribution in [0.1, 0.15) is 20.8 Å². The van der Waals surface area contributed by atoms with Crippen LogP contribution in [0.3, 0.4) is 0 Å². The number of hydrogen-bond donors (Lipinski definition) is 0. The minimum absolute atomic E-state index is 0.622. The summed E-state index contributed by atoms with van der Waals surface area (Å²) in [7, 11) is -1.53. The van der Waals surface area contributed by atoms with Crippen molar-refractivity contribution in [3.8, 4) is 0 Å². The average Bonchev–Trinajstić information content (AvgIpc) is 2.89. The van der Waals surface area contributed by atoms with Crippen LogP contribution in [-0.4, -0.2) is 8.07 Å². The van der Waals surface area contributed by atoms with Gasteiger partial charge in [-0.1, -0.05) is 92.7 Å². The van der Waals surface area contributed by atoms with E-state index < -0.39 is 8.07 Å². The smallest absolute Gasteiger partial charge is 0.0757 e. The summed E-state index contributed by atoms with van der Waals surface area (Å²) in [5.41, 5.74) is 3.18. The summed E-state index contributed by atoms with van der Waals surface area (Å²) in [4.78, 5) is 0. The normalized spacial score (nSPS) is 19.1. The zero-order valence-corrected chi connectivity index (χ0v) is 12.9. The van der Waals surface area contributed by atoms with Crippen LogP contribution in [0.15, 0.2) is 54.1 Å². The summed E-state index contributed by atoms with van der Waals surface area (Å²) in [5, 5.41) is 1.56. The molecule has 0 amide bonds. The van der Waals surface area contributed by atoms with E-state index in [2.05, 4.69) is 75.9 Å². The molecule has 0 fully saturated rings. The highest BCUT2D eigenvalue weighted by Gasteiger charge is 2.39. The lowest BCUT2D eigenvalue weighted by Crippen LogP contribution is -2.50. The molecule has 0 aliphatic heterocycles. The second-order valence-electron chi connectivity index (χ2n) is 5.60. The van der Waals surface area contributed by atoms with E-state index >= 15 is 0 Å². The average molecular weight is 255 g/mol. The summed E-state index contributed by atoms with van der Waals surface area (Å²) in [6.07, 6.45) is 6.90. The minimum Gasteiger partial charge on any atom is -0.0757 e. The highest BCUT2D eigenvalue weighted by Crippen LogP contribution is 2.37. The van der Waals surface area contributed by atoms with Gasteiger partial charge in [0.2, 0.25) is 0 Å². The van der Waals surface area contributed by atoms with Crippen LogP contribution >= 0.6 is 0 Å². The van der Waals surface area contributed by atoms with Gasteiger partial charge in [-0.05, 0) is 5.92 Å². The summed E-state index contributed by atoms with van der Waals surface area (Å²) in [5.74, 6) is 0.622. The summed E-state index contributed by atoms with van der Waals surface area (Å²) >= 11 is 0. The van der Waals surface area contributed by atoms with E-state index in [9.17, 15) is 0 Å². The van der Waals surface area contributed by atoms with Gasteiger partial charge < -0.3 is 0 Å². The molecule has 0 aromatic heterocycles. The van der Waals surface area contributed by atoms with E-state index in [0.29, 0.717) is 5.92 Å². The highest BCUT2D eigenvalue weighted by atomic mass is 28.3. The van der Waals surface area contributed by atoms with E-state index in [1.54, 1.807) is 16.3 Å². The monoisotopic (exact) mass is 255 g/mol. The Balaban J connectivity index is 2.40. The third-order valence-corrected chi connectivity index (χ3v) is 8.85. The van der Waals surface area contributed by atoms with Gasteiger partial charge >= 0.3 is 0 Å². The van der Waals surface area contributed by atoms with Crippen LogP contribution in [0.5, 0.6) is 0 Å². The molecule has 2 rings (SSSR count). The number of rotatable bonds is 4. The largest absolute Gasteiger partial charge is 0.0989 e. The topological polar surface area (TPSA) is 0 Å². The van der Waals surface area contributed by atoms with Crippen LogP contribution in [0.25, 0.3) is 0 Å². The predicted octanol–water partition coefficient (Wildman–Crippen LogP) is 4.26. The summed E-state index contributed by atoms with van der Waals surface area (Å²) < 4.78 is 0. The Bertz CT molecular complexity index is 456. The molecule has 0 nitrogen and oxygen atoms in total. The van der Waals surface area contributed by atoms with E-state index in [0.717, 1.165) is 0 Å². The van der Waals surface area contributed by atoms with Crippen molar-refractivity contribution in [3.05, 3.63) is 59.7 Å². The molecule has 1 unspecified atom stereocenters. The molecule has 1 atom stereocenters. The minimum atomic E-state index is -1.53. The number of allylic oxidation sites excluding steroid dienone is 4. The fourth-order valence-electron chi connectivity index (χ4n) is 2.80. The Morgan fingerprint density at radius 1 is 1.11 bits per heavy atom. The van der Waals surface area contributed by atoms with Crippen molar-refractivity contribution in [1.82, 2.24) is 0 Å². The van der Waals surface area contributed by atoms with Crippen molar-refractivity contribution in [2.45, 2.75) is 33.4 Å². The van der Waals surface area contributed by atoms with E-state index in [1.165, 1.54) is 6.04 Å². The van der Waals surface area contributed by atoms with Crippen LogP contribution in [0.4, 0.5) is 0 Å². The van der Waals surface area contributed by atoms with E-state index in [4.69, 9.17) is 0 Å². The van der Waals surface area contributed by atoms with Crippen LogP contribution in [-0.2, 0) is 0 Å². The molecule has 0 heterocycles. The van der Waals surface area contributed by atoms with E-state index in [-0.39, 0.29) is 0 Å². The van der Waals surface area contributed by atoms with Gasteiger partial charge in [-0.15, -0.1) is 0 Å². The SMILES string of the molecule is CC[Si](C)([C]1C=CC=C1C(C)C)c1ccccc1. The Morgan fingerprint density at radius 3 is 2.33 bits per heavy atom. The molecule has 95 valence electrons. The van der Waals surface area contributed by atoms with Crippen molar-refractivity contribution in [2.75, 3.05) is 0 Å². The Labute approximate surface area is 112 Å². The zero-order chi connectivity index (χ0) is 13.2. The molecular formula is C17H23Si. The molecule has 1 aliphatic rings. The zero-order valence-electron chi connectivity index (χ0n) is 11.9. The third-order valence-electron chi connectivity index (χ3n) is 4.18. The second kappa shape index (κ2) is 5.27. The molecule has 1 aromatic carbocycles. The maximum atomic E-state index is 2.50. The van der Waals surface area contributed by atoms with E-state index in [1.807, 2.05) is 0 Å². The predicted molar refractivity (Wildman–Crippen MR) is 83.5 cm³/mol. The molecule has 1 aliphatic carbocycles. The van der Waals surface area contributed by atoms with Gasteiger partial charge in [0.25, 0.3) is 0 Å². The Hall–Kier alpha value is -1.08. The van der Waals surface area contributed by atoms with Gasteiger partial charge in [0.1, 0.15) is 0 Å². The first-order chi connectivity index (χ1) is 8.59. The number of benzene rings is 1. The molecule has 1 heteroatoms. The first-order valence-electron chi connectivity index (χ1n) is 6.91. The van der Waals surface area contributed by atoms with Gasteiger partial charge in [0.15, 0.2) is 0 Å². The van der Waals surface area contributed by atoms with Crippen molar-refractivity contribution in [3.63, 3.8) is 0 Å². The second-order valence-corrected chi connectivity index (χ2v) is 10.1. The van der Waals surface area contributed by atoms with Crippen molar-refractivity contribution >= 4 is 13.3 Å². The van der Waals surface area contributed by atoms with Gasteiger partial charge in [-0.3, -0.25) is 0 Å². The van der Waals surface area contributed by atoms with Crippen LogP contribution in [0.2, 0.25) is 12.6 Å². The lowest BCUT2D eigenvalue weighted by Gasteiger charge is -2.35. The van der Waals surface area contributed by atoms with Gasteiger partial charge in [0.05, 0.1) is 8.07 Å². The Morgan fingerprint density at radius 2 is 1.78 bits per heavy atom. The first-order valence-corrected chi connectivity index (χ1v) is 9.62. The maximum absolute atomic E-state index is 2.50. The molecule has 0 saturated carbocycles. The number of hydrogen-bond acceptors (Lipinski definition) is 0. The lowest BCUT2D eigenvalue weighted by atomic mass is 10.0. The molecule has 0 bridgehead atoms. The third kappa shape index (κ3) is 2.24. The Kier molecular flexibility index (Phi) is 3.91. The molecule has 0 saturated heterocycles. The van der Waals surface area contributed by atoms with Gasteiger partial charge in [0, 0.05) is 5.54 Å². The highest BCUT2D eigenvalue weighted by molar-refractivity contribution is 6.96. The van der Waals surface area contributed by atoms with Gasteiger partial charge in [-0.2, -0.15) is 0 Å². The molecule has 0 spiro atoms. The van der Waals surface area contributed by atoms with Crippen molar-refractivity contribution in [2.24, 2.45) is 5.92 Å². The maximum Gasteiger partial charge on any atom is 0.0989 e. The molecule has 1 aromatic rings. The molecule has 18 heavy (non-hydrogen) atoms. The molecule has 1 radical (unpaired) electrons. The molecule has 0 N–H and O–H groups in total. The van der Waals surface area contributed by atoms with Crippen LogP contribution < -0.4 is 5.19 Å². The van der Waals surface area contributed by atoms with Crippen LogP contribution in [0, 0.1) is 11.5 Å². The first kappa shape index (κ1) is 13.4. The fraction of sp³-hybridized carbons (Fsp3) is 0.353. The van der Waals surface area contributed by atoms with Crippen molar-refractivity contribution in [1.29, 1.82) is 0 Å².